The maximum absolute atomic E-state index is 6.53. The molecule has 1 aromatic carbocycles. The van der Waals surface area contributed by atoms with Gasteiger partial charge in [0.05, 0.1) is 0 Å². The Morgan fingerprint density at radius 3 is 2.12 bits per heavy atom. The average Bonchev–Trinajstić information content (AvgIpc) is 2.30. The first kappa shape index (κ1) is 10.3. The molecule has 2 aliphatic rings. The molecule has 0 unspecified atom stereocenters. The fourth-order valence-electron chi connectivity index (χ4n) is 3.92. The molecule has 2 aliphatic carbocycles. The van der Waals surface area contributed by atoms with Gasteiger partial charge in [-0.2, -0.15) is 0 Å². The summed E-state index contributed by atoms with van der Waals surface area (Å²) in [6, 6.07) is 10.7. The van der Waals surface area contributed by atoms with Crippen LogP contribution in [0.5, 0.6) is 0 Å². The number of hydrogen-bond acceptors (Lipinski definition) is 1. The van der Waals surface area contributed by atoms with Gasteiger partial charge in [-0.15, -0.1) is 0 Å². The lowest BCUT2D eigenvalue weighted by Crippen LogP contribution is -2.56. The molecule has 16 heavy (non-hydrogen) atoms. The van der Waals surface area contributed by atoms with Crippen LogP contribution in [0.1, 0.15) is 50.5 Å². The summed E-state index contributed by atoms with van der Waals surface area (Å²) in [5.74, 6) is 0. The molecule has 1 aromatic rings. The molecule has 3 rings (SSSR count). The van der Waals surface area contributed by atoms with Gasteiger partial charge in [0.1, 0.15) is 0 Å². The van der Waals surface area contributed by atoms with E-state index in [0.717, 1.165) is 0 Å². The Bertz CT molecular complexity index is 354. The SMILES string of the molecule is NC1(c2ccccc2)CC2(CCCCC2)C1. The van der Waals surface area contributed by atoms with Crippen LogP contribution in [0.2, 0.25) is 0 Å². The van der Waals surface area contributed by atoms with Crippen LogP contribution >= 0.6 is 0 Å². The van der Waals surface area contributed by atoms with Gasteiger partial charge in [-0.1, -0.05) is 49.6 Å². The molecule has 0 aromatic heterocycles. The highest BCUT2D eigenvalue weighted by atomic mass is 14.8. The van der Waals surface area contributed by atoms with Crippen LogP contribution < -0.4 is 5.73 Å². The Hall–Kier alpha value is -0.820. The fraction of sp³-hybridized carbons (Fsp3) is 0.600. The van der Waals surface area contributed by atoms with E-state index in [2.05, 4.69) is 30.3 Å². The van der Waals surface area contributed by atoms with Crippen LogP contribution in [0.3, 0.4) is 0 Å². The lowest BCUT2D eigenvalue weighted by atomic mass is 9.51. The first-order chi connectivity index (χ1) is 7.73. The van der Waals surface area contributed by atoms with Crippen LogP contribution in [-0.2, 0) is 5.54 Å². The zero-order valence-electron chi connectivity index (χ0n) is 9.91. The van der Waals surface area contributed by atoms with E-state index in [0.29, 0.717) is 5.41 Å². The Morgan fingerprint density at radius 1 is 0.875 bits per heavy atom. The molecule has 2 N–H and O–H groups in total. The molecule has 86 valence electrons. The molecule has 0 aliphatic heterocycles. The standard InChI is InChI=1S/C15H21N/c16-15(13-7-3-1-4-8-13)11-14(12-15)9-5-2-6-10-14/h1,3-4,7-8H,2,5-6,9-12,16H2. The summed E-state index contributed by atoms with van der Waals surface area (Å²) in [7, 11) is 0. The third kappa shape index (κ3) is 1.58. The molecule has 1 heteroatoms. The number of benzene rings is 1. The summed E-state index contributed by atoms with van der Waals surface area (Å²) in [6.45, 7) is 0. The van der Waals surface area contributed by atoms with E-state index in [1.54, 1.807) is 0 Å². The number of hydrogen-bond donors (Lipinski definition) is 1. The highest BCUT2D eigenvalue weighted by Gasteiger charge is 2.52. The molecule has 2 fully saturated rings. The summed E-state index contributed by atoms with van der Waals surface area (Å²) in [5.41, 5.74) is 8.47. The van der Waals surface area contributed by atoms with Crippen LogP contribution in [0.15, 0.2) is 30.3 Å². The topological polar surface area (TPSA) is 26.0 Å². The number of nitrogens with two attached hydrogens (primary N) is 1. The molecular weight excluding hydrogens is 194 g/mol. The molecule has 0 heterocycles. The quantitative estimate of drug-likeness (QED) is 0.761. The minimum absolute atomic E-state index is 0.0153. The maximum Gasteiger partial charge on any atom is 0.0420 e. The molecule has 0 radical (unpaired) electrons. The molecule has 0 bridgehead atoms. The van der Waals surface area contributed by atoms with Gasteiger partial charge in [-0.3, -0.25) is 0 Å². The van der Waals surface area contributed by atoms with Crippen LogP contribution in [0, 0.1) is 5.41 Å². The van der Waals surface area contributed by atoms with Gasteiger partial charge < -0.3 is 5.73 Å². The maximum atomic E-state index is 6.53. The second-order valence-corrected chi connectivity index (χ2v) is 5.94. The Morgan fingerprint density at radius 2 is 1.50 bits per heavy atom. The predicted molar refractivity (Wildman–Crippen MR) is 67.1 cm³/mol. The van der Waals surface area contributed by atoms with Crippen LogP contribution in [-0.4, -0.2) is 0 Å². The van der Waals surface area contributed by atoms with Gasteiger partial charge in [0.2, 0.25) is 0 Å². The fourth-order valence-corrected chi connectivity index (χ4v) is 3.92. The highest BCUT2D eigenvalue weighted by Crippen LogP contribution is 2.59. The third-order valence-electron chi connectivity index (χ3n) is 4.64. The largest absolute Gasteiger partial charge is 0.321 e. The van der Waals surface area contributed by atoms with Crippen molar-refractivity contribution in [3.8, 4) is 0 Å². The van der Waals surface area contributed by atoms with Gasteiger partial charge in [-0.25, -0.2) is 0 Å². The van der Waals surface area contributed by atoms with Crippen molar-refractivity contribution in [2.75, 3.05) is 0 Å². The first-order valence-electron chi connectivity index (χ1n) is 6.57. The van der Waals surface area contributed by atoms with E-state index in [4.69, 9.17) is 5.73 Å². The van der Waals surface area contributed by atoms with Crippen molar-refractivity contribution >= 4 is 0 Å². The highest BCUT2D eigenvalue weighted by molar-refractivity contribution is 5.29. The predicted octanol–water partition coefficient (Wildman–Crippen LogP) is 3.58. The van der Waals surface area contributed by atoms with Gasteiger partial charge >= 0.3 is 0 Å². The summed E-state index contributed by atoms with van der Waals surface area (Å²) in [6.07, 6.45) is 9.53. The second kappa shape index (κ2) is 3.59. The van der Waals surface area contributed by atoms with Crippen molar-refractivity contribution < 1.29 is 0 Å². The lowest BCUT2D eigenvalue weighted by molar-refractivity contribution is -0.00990. The van der Waals surface area contributed by atoms with E-state index < -0.39 is 0 Å². The van der Waals surface area contributed by atoms with Crippen molar-refractivity contribution in [1.29, 1.82) is 0 Å². The monoisotopic (exact) mass is 215 g/mol. The van der Waals surface area contributed by atoms with Gasteiger partial charge in [0.25, 0.3) is 0 Å². The molecule has 0 saturated heterocycles. The molecule has 0 amide bonds. The lowest BCUT2D eigenvalue weighted by Gasteiger charge is -2.57. The molecule has 1 spiro atoms. The van der Waals surface area contributed by atoms with Gasteiger partial charge in [-0.05, 0) is 36.7 Å². The van der Waals surface area contributed by atoms with E-state index in [1.165, 1.54) is 50.5 Å². The summed E-state index contributed by atoms with van der Waals surface area (Å²) >= 11 is 0. The van der Waals surface area contributed by atoms with E-state index in [1.807, 2.05) is 0 Å². The molecule has 1 nitrogen and oxygen atoms in total. The van der Waals surface area contributed by atoms with Crippen LogP contribution in [0.4, 0.5) is 0 Å². The van der Waals surface area contributed by atoms with Crippen molar-refractivity contribution in [1.82, 2.24) is 0 Å². The third-order valence-corrected chi connectivity index (χ3v) is 4.64. The molecule has 0 atom stereocenters. The smallest absolute Gasteiger partial charge is 0.0420 e. The Kier molecular flexibility index (Phi) is 2.32. The Labute approximate surface area is 98.0 Å². The molecule has 2 saturated carbocycles. The summed E-state index contributed by atoms with van der Waals surface area (Å²) in [4.78, 5) is 0. The minimum Gasteiger partial charge on any atom is -0.321 e. The zero-order valence-corrected chi connectivity index (χ0v) is 9.91. The zero-order chi connectivity index (χ0) is 11.1. The Balaban J connectivity index is 1.75. The van der Waals surface area contributed by atoms with Crippen molar-refractivity contribution in [3.05, 3.63) is 35.9 Å². The first-order valence-corrected chi connectivity index (χ1v) is 6.57. The summed E-state index contributed by atoms with van der Waals surface area (Å²) in [5, 5.41) is 0. The normalized spacial score (nSPS) is 26.3. The van der Waals surface area contributed by atoms with Crippen LogP contribution in [0.25, 0.3) is 0 Å². The van der Waals surface area contributed by atoms with E-state index >= 15 is 0 Å². The number of rotatable bonds is 1. The van der Waals surface area contributed by atoms with Crippen molar-refractivity contribution in [2.45, 2.75) is 50.5 Å². The van der Waals surface area contributed by atoms with Crippen molar-refractivity contribution in [3.63, 3.8) is 0 Å². The average molecular weight is 215 g/mol. The van der Waals surface area contributed by atoms with Gasteiger partial charge in [0, 0.05) is 5.54 Å². The van der Waals surface area contributed by atoms with Crippen molar-refractivity contribution in [2.24, 2.45) is 11.1 Å². The van der Waals surface area contributed by atoms with E-state index in [-0.39, 0.29) is 5.54 Å². The minimum atomic E-state index is -0.0153. The van der Waals surface area contributed by atoms with Gasteiger partial charge in [0.15, 0.2) is 0 Å². The second-order valence-electron chi connectivity index (χ2n) is 5.94. The summed E-state index contributed by atoms with van der Waals surface area (Å²) < 4.78 is 0. The van der Waals surface area contributed by atoms with E-state index in [9.17, 15) is 0 Å². The molecular formula is C15H21N.